The Morgan fingerprint density at radius 1 is 1.10 bits per heavy atom. The average molecular weight is 461 g/mol. The van der Waals surface area contributed by atoms with Crippen LogP contribution in [0.3, 0.4) is 0 Å². The number of esters is 2. The molecule has 0 amide bonds. The lowest BCUT2D eigenvalue weighted by atomic mass is 10.1. The summed E-state index contributed by atoms with van der Waals surface area (Å²) in [4.78, 5) is 24.0. The SMILES string of the molecule is CC(C)(Oc1ccc(Cl)cc1)C(=O)OCCCOC(=O)CCCCC1CCSS1. The third-order valence-corrected chi connectivity index (χ3v) is 7.61. The Labute approximate surface area is 186 Å². The van der Waals surface area contributed by atoms with Crippen LogP contribution in [0, 0.1) is 0 Å². The third kappa shape index (κ3) is 9.53. The van der Waals surface area contributed by atoms with Crippen molar-refractivity contribution >= 4 is 45.1 Å². The van der Waals surface area contributed by atoms with E-state index in [1.54, 1.807) is 38.1 Å². The van der Waals surface area contributed by atoms with Crippen LogP contribution in [-0.2, 0) is 19.1 Å². The summed E-state index contributed by atoms with van der Waals surface area (Å²) in [5.41, 5.74) is -1.12. The van der Waals surface area contributed by atoms with Gasteiger partial charge in [0, 0.05) is 28.9 Å². The van der Waals surface area contributed by atoms with Gasteiger partial charge in [-0.15, -0.1) is 0 Å². The molecule has 1 unspecified atom stereocenters. The Morgan fingerprint density at radius 2 is 1.83 bits per heavy atom. The molecule has 8 heteroatoms. The fourth-order valence-corrected chi connectivity index (χ4v) is 5.85. The topological polar surface area (TPSA) is 61.8 Å². The van der Waals surface area contributed by atoms with E-state index >= 15 is 0 Å². The van der Waals surface area contributed by atoms with Gasteiger partial charge < -0.3 is 14.2 Å². The smallest absolute Gasteiger partial charge is 0.349 e. The molecule has 1 aliphatic heterocycles. The van der Waals surface area contributed by atoms with Crippen molar-refractivity contribution in [3.8, 4) is 5.75 Å². The summed E-state index contributed by atoms with van der Waals surface area (Å²) in [7, 11) is 3.91. The second-order valence-corrected chi connectivity index (χ2v) is 10.6. The van der Waals surface area contributed by atoms with Gasteiger partial charge in [0.25, 0.3) is 0 Å². The summed E-state index contributed by atoms with van der Waals surface area (Å²) < 4.78 is 16.1. The van der Waals surface area contributed by atoms with E-state index < -0.39 is 11.6 Å². The predicted molar refractivity (Wildman–Crippen MR) is 120 cm³/mol. The number of ether oxygens (including phenoxy) is 3. The molecule has 0 spiro atoms. The van der Waals surface area contributed by atoms with Gasteiger partial charge in [-0.05, 0) is 57.4 Å². The normalized spacial score (nSPS) is 16.4. The van der Waals surface area contributed by atoms with Gasteiger partial charge in [-0.3, -0.25) is 4.79 Å². The number of benzene rings is 1. The van der Waals surface area contributed by atoms with Gasteiger partial charge in [-0.1, -0.05) is 39.6 Å². The molecule has 0 N–H and O–H groups in total. The van der Waals surface area contributed by atoms with Gasteiger partial charge in [0.15, 0.2) is 5.60 Å². The largest absolute Gasteiger partial charge is 0.476 e. The molecule has 0 aliphatic carbocycles. The van der Waals surface area contributed by atoms with Gasteiger partial charge in [0.1, 0.15) is 5.75 Å². The molecule has 162 valence electrons. The fourth-order valence-electron chi connectivity index (χ4n) is 2.70. The highest BCUT2D eigenvalue weighted by molar-refractivity contribution is 8.77. The van der Waals surface area contributed by atoms with Crippen molar-refractivity contribution in [2.45, 2.75) is 63.2 Å². The first-order valence-corrected chi connectivity index (χ1v) is 12.7. The van der Waals surface area contributed by atoms with Crippen LogP contribution in [0.2, 0.25) is 5.02 Å². The summed E-state index contributed by atoms with van der Waals surface area (Å²) >= 11 is 5.84. The minimum absolute atomic E-state index is 0.177. The van der Waals surface area contributed by atoms with Crippen LogP contribution >= 0.6 is 33.2 Å². The molecular weight excluding hydrogens is 432 g/mol. The summed E-state index contributed by atoms with van der Waals surface area (Å²) in [6.45, 7) is 3.72. The fraction of sp³-hybridized carbons (Fsp3) is 0.619. The lowest BCUT2D eigenvalue weighted by Crippen LogP contribution is -2.40. The molecule has 29 heavy (non-hydrogen) atoms. The monoisotopic (exact) mass is 460 g/mol. The summed E-state index contributed by atoms with van der Waals surface area (Å²) in [6.07, 6.45) is 5.30. The number of hydrogen-bond donors (Lipinski definition) is 0. The highest BCUT2D eigenvalue weighted by Crippen LogP contribution is 2.39. The summed E-state index contributed by atoms with van der Waals surface area (Å²) in [5.74, 6) is 1.13. The zero-order chi connectivity index (χ0) is 21.1. The highest BCUT2D eigenvalue weighted by atomic mass is 35.5. The molecule has 0 radical (unpaired) electrons. The molecule has 1 aromatic rings. The van der Waals surface area contributed by atoms with E-state index in [1.807, 2.05) is 21.6 Å². The van der Waals surface area contributed by atoms with Crippen molar-refractivity contribution in [1.29, 1.82) is 0 Å². The second-order valence-electron chi connectivity index (χ2n) is 7.35. The van der Waals surface area contributed by atoms with E-state index in [-0.39, 0.29) is 19.2 Å². The molecule has 2 rings (SSSR count). The van der Waals surface area contributed by atoms with E-state index in [0.29, 0.717) is 23.6 Å². The highest BCUT2D eigenvalue weighted by Gasteiger charge is 2.31. The molecule has 0 bridgehead atoms. The maximum absolute atomic E-state index is 12.2. The molecule has 1 aromatic carbocycles. The van der Waals surface area contributed by atoms with Gasteiger partial charge >= 0.3 is 11.9 Å². The van der Waals surface area contributed by atoms with Crippen LogP contribution in [0.1, 0.15) is 52.4 Å². The van der Waals surface area contributed by atoms with Crippen molar-refractivity contribution < 1.29 is 23.8 Å². The van der Waals surface area contributed by atoms with E-state index in [0.717, 1.165) is 18.1 Å². The van der Waals surface area contributed by atoms with Crippen LogP contribution in [0.5, 0.6) is 5.75 Å². The number of hydrogen-bond acceptors (Lipinski definition) is 7. The molecule has 5 nitrogen and oxygen atoms in total. The summed E-state index contributed by atoms with van der Waals surface area (Å²) in [5, 5.41) is 1.35. The average Bonchev–Trinajstić information content (AvgIpc) is 3.20. The van der Waals surface area contributed by atoms with Crippen LogP contribution in [0.4, 0.5) is 0 Å². The molecule has 0 aromatic heterocycles. The zero-order valence-corrected chi connectivity index (χ0v) is 19.4. The van der Waals surface area contributed by atoms with Crippen molar-refractivity contribution in [2.75, 3.05) is 19.0 Å². The van der Waals surface area contributed by atoms with Crippen molar-refractivity contribution in [1.82, 2.24) is 0 Å². The van der Waals surface area contributed by atoms with Crippen LogP contribution < -0.4 is 4.74 Å². The van der Waals surface area contributed by atoms with E-state index in [9.17, 15) is 9.59 Å². The van der Waals surface area contributed by atoms with Gasteiger partial charge in [0.2, 0.25) is 0 Å². The first-order valence-electron chi connectivity index (χ1n) is 9.92. The number of carbonyl (C=O) groups is 2. The quantitative estimate of drug-likeness (QED) is 0.225. The Balaban J connectivity index is 1.52. The van der Waals surface area contributed by atoms with Gasteiger partial charge in [-0.2, -0.15) is 0 Å². The molecule has 1 heterocycles. The standard InChI is InChI=1S/C21H29ClO5S2/c1-21(2,27-17-10-8-16(22)9-11-17)20(24)26-14-5-13-25-19(23)7-4-3-6-18-12-15-28-29-18/h8-11,18H,3-7,12-15H2,1-2H3. The molecule has 0 saturated carbocycles. The van der Waals surface area contributed by atoms with Crippen LogP contribution in [-0.4, -0.2) is 41.8 Å². The van der Waals surface area contributed by atoms with E-state index in [4.69, 9.17) is 25.8 Å². The predicted octanol–water partition coefficient (Wildman–Crippen LogP) is 5.69. The minimum Gasteiger partial charge on any atom is -0.476 e. The first kappa shape index (κ1) is 24.2. The molecular formula is C21H29ClO5S2. The van der Waals surface area contributed by atoms with Crippen molar-refractivity contribution in [3.63, 3.8) is 0 Å². The minimum atomic E-state index is -1.12. The van der Waals surface area contributed by atoms with E-state index in [2.05, 4.69) is 0 Å². The van der Waals surface area contributed by atoms with Gasteiger partial charge in [0.05, 0.1) is 13.2 Å². The van der Waals surface area contributed by atoms with Crippen LogP contribution in [0.25, 0.3) is 0 Å². The Bertz CT molecular complexity index is 645. The van der Waals surface area contributed by atoms with Crippen molar-refractivity contribution in [2.24, 2.45) is 0 Å². The third-order valence-electron chi connectivity index (χ3n) is 4.35. The Hall–Kier alpha value is -1.05. The second kappa shape index (κ2) is 12.6. The number of unbranched alkanes of at least 4 members (excludes halogenated alkanes) is 1. The number of halogens is 1. The Morgan fingerprint density at radius 3 is 2.52 bits per heavy atom. The molecule has 1 saturated heterocycles. The molecule has 1 atom stereocenters. The molecule has 1 aliphatic rings. The van der Waals surface area contributed by atoms with E-state index in [1.165, 1.54) is 18.6 Å². The lowest BCUT2D eigenvalue weighted by molar-refractivity contribution is -0.159. The lowest BCUT2D eigenvalue weighted by Gasteiger charge is -2.24. The number of rotatable bonds is 12. The van der Waals surface area contributed by atoms with Crippen molar-refractivity contribution in [3.05, 3.63) is 29.3 Å². The maximum atomic E-state index is 12.2. The zero-order valence-electron chi connectivity index (χ0n) is 17.0. The Kier molecular flexibility index (Phi) is 10.5. The first-order chi connectivity index (χ1) is 13.9. The maximum Gasteiger partial charge on any atom is 0.349 e. The summed E-state index contributed by atoms with van der Waals surface area (Å²) in [6, 6.07) is 6.78. The van der Waals surface area contributed by atoms with Crippen LogP contribution in [0.15, 0.2) is 24.3 Å². The number of carbonyl (C=O) groups excluding carboxylic acids is 2. The molecule has 1 fully saturated rings. The van der Waals surface area contributed by atoms with Gasteiger partial charge in [-0.25, -0.2) is 4.79 Å².